The Bertz CT molecular complexity index is 395. The Morgan fingerprint density at radius 2 is 2.10 bits per heavy atom. The predicted molar refractivity (Wildman–Crippen MR) is 76.5 cm³/mol. The first kappa shape index (κ1) is 15.1. The lowest BCUT2D eigenvalue weighted by atomic mass is 9.78. The second kappa shape index (κ2) is 5.62. The zero-order valence-corrected chi connectivity index (χ0v) is 12.8. The summed E-state index contributed by atoms with van der Waals surface area (Å²) in [6.07, 6.45) is 4.43. The number of hydrogen-bond acceptors (Lipinski definition) is 2. The van der Waals surface area contributed by atoms with E-state index < -0.39 is 11.4 Å². The highest BCUT2D eigenvalue weighted by atomic mass is 16.4. The maximum atomic E-state index is 12.6. The molecule has 2 unspecified atom stereocenters. The smallest absolute Gasteiger partial charge is 0.320 e. The van der Waals surface area contributed by atoms with E-state index in [1.807, 2.05) is 14.0 Å². The SMILES string of the molecule is CCC1(C(=O)O)CCCN(C(=O)N(C)C(C)C2CC2)C1. The van der Waals surface area contributed by atoms with Gasteiger partial charge in [-0.25, -0.2) is 4.79 Å². The summed E-state index contributed by atoms with van der Waals surface area (Å²) in [6.45, 7) is 5.01. The van der Waals surface area contributed by atoms with Crippen LogP contribution in [0.5, 0.6) is 0 Å². The molecule has 1 N–H and O–H groups in total. The van der Waals surface area contributed by atoms with Gasteiger partial charge in [-0.3, -0.25) is 4.79 Å². The summed E-state index contributed by atoms with van der Waals surface area (Å²) in [6, 6.07) is 0.244. The Morgan fingerprint density at radius 1 is 1.45 bits per heavy atom. The first-order chi connectivity index (χ1) is 9.41. The van der Waals surface area contributed by atoms with Crippen molar-refractivity contribution in [2.24, 2.45) is 11.3 Å². The topological polar surface area (TPSA) is 60.9 Å². The lowest BCUT2D eigenvalue weighted by molar-refractivity contribution is -0.152. The Morgan fingerprint density at radius 3 is 2.60 bits per heavy atom. The number of aliphatic carboxylic acids is 1. The molecular weight excluding hydrogens is 256 g/mol. The van der Waals surface area contributed by atoms with Crippen molar-refractivity contribution < 1.29 is 14.7 Å². The van der Waals surface area contributed by atoms with Gasteiger partial charge in [0.05, 0.1) is 5.41 Å². The number of carboxylic acids is 1. The molecule has 1 aliphatic carbocycles. The average molecular weight is 282 g/mol. The number of amides is 2. The fourth-order valence-electron chi connectivity index (χ4n) is 3.20. The summed E-state index contributed by atoms with van der Waals surface area (Å²) >= 11 is 0. The van der Waals surface area contributed by atoms with E-state index in [0.717, 1.165) is 6.42 Å². The number of carboxylic acid groups (broad SMARTS) is 1. The molecule has 2 amide bonds. The van der Waals surface area contributed by atoms with E-state index in [4.69, 9.17) is 0 Å². The van der Waals surface area contributed by atoms with Gasteiger partial charge in [-0.05, 0) is 44.9 Å². The number of carbonyl (C=O) groups is 2. The van der Waals surface area contributed by atoms with Crippen molar-refractivity contribution in [1.29, 1.82) is 0 Å². The van der Waals surface area contributed by atoms with Crippen LogP contribution in [0.2, 0.25) is 0 Å². The van der Waals surface area contributed by atoms with Crippen LogP contribution in [-0.2, 0) is 4.79 Å². The number of nitrogens with zero attached hydrogens (tertiary/aromatic N) is 2. The Labute approximate surface area is 120 Å². The molecule has 0 bridgehead atoms. The zero-order valence-electron chi connectivity index (χ0n) is 12.8. The molecule has 2 aliphatic rings. The number of carbonyl (C=O) groups excluding carboxylic acids is 1. The van der Waals surface area contributed by atoms with Gasteiger partial charge in [0, 0.05) is 26.2 Å². The molecule has 2 rings (SSSR count). The summed E-state index contributed by atoms with van der Waals surface area (Å²) in [5, 5.41) is 9.48. The van der Waals surface area contributed by atoms with Crippen molar-refractivity contribution in [3.63, 3.8) is 0 Å². The van der Waals surface area contributed by atoms with Gasteiger partial charge < -0.3 is 14.9 Å². The van der Waals surface area contributed by atoms with Gasteiger partial charge in [0.2, 0.25) is 0 Å². The van der Waals surface area contributed by atoms with E-state index in [1.54, 1.807) is 9.80 Å². The van der Waals surface area contributed by atoms with Crippen molar-refractivity contribution >= 4 is 12.0 Å². The highest BCUT2D eigenvalue weighted by Crippen LogP contribution is 2.37. The molecule has 1 aliphatic heterocycles. The third-order valence-electron chi connectivity index (χ3n) is 5.19. The molecule has 0 aromatic rings. The number of hydrogen-bond donors (Lipinski definition) is 1. The Kier molecular flexibility index (Phi) is 4.25. The molecule has 0 spiro atoms. The van der Waals surface area contributed by atoms with Gasteiger partial charge >= 0.3 is 12.0 Å². The first-order valence-electron chi connectivity index (χ1n) is 7.66. The zero-order chi connectivity index (χ0) is 14.9. The lowest BCUT2D eigenvalue weighted by Crippen LogP contribution is -2.54. The average Bonchev–Trinajstić information content (AvgIpc) is 3.29. The monoisotopic (exact) mass is 282 g/mol. The normalized spacial score (nSPS) is 28.1. The summed E-state index contributed by atoms with van der Waals surface area (Å²) < 4.78 is 0. The van der Waals surface area contributed by atoms with Crippen LogP contribution in [0.25, 0.3) is 0 Å². The molecule has 1 saturated heterocycles. The van der Waals surface area contributed by atoms with Crippen molar-refractivity contribution in [2.75, 3.05) is 20.1 Å². The van der Waals surface area contributed by atoms with E-state index in [-0.39, 0.29) is 12.1 Å². The van der Waals surface area contributed by atoms with Gasteiger partial charge in [-0.1, -0.05) is 6.92 Å². The second-order valence-corrected chi connectivity index (χ2v) is 6.44. The molecule has 5 nitrogen and oxygen atoms in total. The summed E-state index contributed by atoms with van der Waals surface area (Å²) in [4.78, 5) is 27.6. The largest absolute Gasteiger partial charge is 0.481 e. The van der Waals surface area contributed by atoms with Crippen molar-refractivity contribution in [1.82, 2.24) is 9.80 Å². The molecule has 5 heteroatoms. The molecule has 0 radical (unpaired) electrons. The fourth-order valence-corrected chi connectivity index (χ4v) is 3.20. The maximum Gasteiger partial charge on any atom is 0.320 e. The van der Waals surface area contributed by atoms with E-state index in [9.17, 15) is 14.7 Å². The summed E-state index contributed by atoms with van der Waals surface area (Å²) in [5.74, 6) is -0.139. The minimum Gasteiger partial charge on any atom is -0.481 e. The highest BCUT2D eigenvalue weighted by molar-refractivity contribution is 5.79. The minimum absolute atomic E-state index is 0.0109. The van der Waals surface area contributed by atoms with E-state index >= 15 is 0 Å². The van der Waals surface area contributed by atoms with Crippen molar-refractivity contribution in [3.8, 4) is 0 Å². The van der Waals surface area contributed by atoms with Crippen LogP contribution in [-0.4, -0.2) is 53.1 Å². The van der Waals surface area contributed by atoms with Crippen LogP contribution in [0.4, 0.5) is 4.79 Å². The van der Waals surface area contributed by atoms with Crippen molar-refractivity contribution in [2.45, 2.75) is 52.0 Å². The molecule has 114 valence electrons. The predicted octanol–water partition coefficient (Wildman–Crippen LogP) is 2.41. The number of rotatable bonds is 4. The van der Waals surface area contributed by atoms with E-state index in [2.05, 4.69) is 6.92 Å². The molecule has 2 fully saturated rings. The standard InChI is InChI=1S/C15H26N2O3/c1-4-15(13(18)19)8-5-9-17(10-15)14(20)16(3)11(2)12-6-7-12/h11-12H,4-10H2,1-3H3,(H,18,19). The molecule has 20 heavy (non-hydrogen) atoms. The molecule has 1 heterocycles. The van der Waals surface area contributed by atoms with Gasteiger partial charge in [-0.15, -0.1) is 0 Å². The molecule has 0 aromatic heterocycles. The highest BCUT2D eigenvalue weighted by Gasteiger charge is 2.43. The Hall–Kier alpha value is -1.26. The van der Waals surface area contributed by atoms with Crippen LogP contribution in [0, 0.1) is 11.3 Å². The van der Waals surface area contributed by atoms with Crippen LogP contribution in [0.3, 0.4) is 0 Å². The summed E-state index contributed by atoms with van der Waals surface area (Å²) in [5.41, 5.74) is -0.752. The van der Waals surface area contributed by atoms with Crippen LogP contribution in [0.1, 0.15) is 46.0 Å². The first-order valence-corrected chi connectivity index (χ1v) is 7.66. The third-order valence-corrected chi connectivity index (χ3v) is 5.19. The van der Waals surface area contributed by atoms with Gasteiger partial charge in [0.15, 0.2) is 0 Å². The lowest BCUT2D eigenvalue weighted by Gasteiger charge is -2.41. The van der Waals surface area contributed by atoms with E-state index in [1.165, 1.54) is 12.8 Å². The van der Waals surface area contributed by atoms with E-state index in [0.29, 0.717) is 31.8 Å². The summed E-state index contributed by atoms with van der Waals surface area (Å²) in [7, 11) is 1.84. The van der Waals surface area contributed by atoms with Crippen LogP contribution >= 0.6 is 0 Å². The van der Waals surface area contributed by atoms with Crippen molar-refractivity contribution in [3.05, 3.63) is 0 Å². The third kappa shape index (κ3) is 2.76. The molecule has 0 aromatic carbocycles. The van der Waals surface area contributed by atoms with Crippen LogP contribution in [0.15, 0.2) is 0 Å². The second-order valence-electron chi connectivity index (χ2n) is 6.44. The van der Waals surface area contributed by atoms with Gasteiger partial charge in [-0.2, -0.15) is 0 Å². The maximum absolute atomic E-state index is 12.6. The number of likely N-dealkylation sites (tertiary alicyclic amines) is 1. The molecule has 1 saturated carbocycles. The minimum atomic E-state index is -0.768. The number of piperidine rings is 1. The van der Waals surface area contributed by atoms with Crippen LogP contribution < -0.4 is 0 Å². The molecular formula is C15H26N2O3. The van der Waals surface area contributed by atoms with Gasteiger partial charge in [0.25, 0.3) is 0 Å². The fraction of sp³-hybridized carbons (Fsp3) is 0.867. The molecule has 2 atom stereocenters. The quantitative estimate of drug-likeness (QED) is 0.861. The Balaban J connectivity index is 2.04. The van der Waals surface area contributed by atoms with Gasteiger partial charge in [0.1, 0.15) is 0 Å². The number of urea groups is 1.